The number of benzene rings is 2. The number of aromatic hydroxyl groups is 1. The molecule has 0 radical (unpaired) electrons. The molecule has 0 fully saturated rings. The first-order valence-corrected chi connectivity index (χ1v) is 7.82. The molecule has 2 aromatic carbocycles. The Kier molecular flexibility index (Phi) is 3.73. The first kappa shape index (κ1) is 15.9. The van der Waals surface area contributed by atoms with Gasteiger partial charge in [0.2, 0.25) is 5.88 Å². The van der Waals surface area contributed by atoms with Crippen LogP contribution in [-0.4, -0.2) is 5.11 Å². The molecular formula is C20H20N2O2. The molecule has 4 nitrogen and oxygen atoms in total. The minimum atomic E-state index is -0.298. The van der Waals surface area contributed by atoms with Crippen molar-refractivity contribution in [3.63, 3.8) is 0 Å². The predicted molar refractivity (Wildman–Crippen MR) is 92.5 cm³/mol. The Morgan fingerprint density at radius 3 is 2.38 bits per heavy atom. The second-order valence-electron chi connectivity index (χ2n) is 7.02. The van der Waals surface area contributed by atoms with Crippen molar-refractivity contribution in [2.75, 3.05) is 0 Å². The van der Waals surface area contributed by atoms with Crippen LogP contribution in [0, 0.1) is 11.3 Å². The van der Waals surface area contributed by atoms with Crippen LogP contribution in [0.15, 0.2) is 53.9 Å². The predicted octanol–water partition coefficient (Wildman–Crippen LogP) is 3.91. The Morgan fingerprint density at radius 2 is 1.79 bits per heavy atom. The zero-order valence-corrected chi connectivity index (χ0v) is 14.0. The number of phenolic OH excluding ortho intramolecular Hbond substituents is 1. The first-order valence-electron chi connectivity index (χ1n) is 7.82. The Labute approximate surface area is 141 Å². The van der Waals surface area contributed by atoms with Gasteiger partial charge in [0.1, 0.15) is 23.1 Å². The van der Waals surface area contributed by atoms with Crippen LogP contribution in [0.5, 0.6) is 11.5 Å². The number of ether oxygens (including phenoxy) is 1. The number of fused-ring (bicyclic) bond motifs is 1. The van der Waals surface area contributed by atoms with Crippen LogP contribution >= 0.6 is 0 Å². The largest absolute Gasteiger partial charge is 0.508 e. The Morgan fingerprint density at radius 1 is 1.12 bits per heavy atom. The molecule has 3 rings (SSSR count). The van der Waals surface area contributed by atoms with E-state index in [2.05, 4.69) is 39.0 Å². The summed E-state index contributed by atoms with van der Waals surface area (Å²) in [7, 11) is 0. The third-order valence-corrected chi connectivity index (χ3v) is 4.31. The molecule has 1 aliphatic heterocycles. The lowest BCUT2D eigenvalue weighted by Gasteiger charge is -2.27. The molecule has 0 saturated heterocycles. The fraction of sp³-hybridized carbons (Fsp3) is 0.250. The lowest BCUT2D eigenvalue weighted by molar-refractivity contribution is 0.388. The normalized spacial score (nSPS) is 17.0. The number of rotatable bonds is 1. The second kappa shape index (κ2) is 5.61. The van der Waals surface area contributed by atoms with Crippen molar-refractivity contribution in [3.8, 4) is 17.6 Å². The fourth-order valence-electron chi connectivity index (χ4n) is 2.96. The van der Waals surface area contributed by atoms with Gasteiger partial charge in [0.15, 0.2) is 0 Å². The summed E-state index contributed by atoms with van der Waals surface area (Å²) < 4.78 is 5.52. The molecule has 4 heteroatoms. The summed E-state index contributed by atoms with van der Waals surface area (Å²) in [5.74, 6) is 0.369. The van der Waals surface area contributed by atoms with Crippen molar-refractivity contribution >= 4 is 0 Å². The molecule has 0 aliphatic carbocycles. The number of nitrogens with two attached hydrogens (primary N) is 1. The smallest absolute Gasteiger partial charge is 0.205 e. The minimum Gasteiger partial charge on any atom is -0.508 e. The van der Waals surface area contributed by atoms with Crippen LogP contribution in [0.25, 0.3) is 0 Å². The van der Waals surface area contributed by atoms with Crippen LogP contribution in [0.1, 0.15) is 43.4 Å². The average molecular weight is 320 g/mol. The SMILES string of the molecule is CC(C)(C)c1ccc([C@@H]2C(C#N)=C(N)Oc3cc(O)ccc32)cc1. The van der Waals surface area contributed by atoms with E-state index in [0.29, 0.717) is 11.3 Å². The van der Waals surface area contributed by atoms with Gasteiger partial charge >= 0.3 is 0 Å². The molecule has 0 unspecified atom stereocenters. The van der Waals surface area contributed by atoms with Crippen molar-refractivity contribution in [2.45, 2.75) is 32.1 Å². The van der Waals surface area contributed by atoms with Gasteiger partial charge < -0.3 is 15.6 Å². The Balaban J connectivity index is 2.13. The summed E-state index contributed by atoms with van der Waals surface area (Å²) in [5.41, 5.74) is 9.39. The highest BCUT2D eigenvalue weighted by Gasteiger charge is 2.31. The van der Waals surface area contributed by atoms with E-state index in [-0.39, 0.29) is 23.0 Å². The number of hydrogen-bond acceptors (Lipinski definition) is 4. The van der Waals surface area contributed by atoms with Crippen LogP contribution in [-0.2, 0) is 5.41 Å². The molecule has 1 heterocycles. The minimum absolute atomic E-state index is 0.0603. The van der Waals surface area contributed by atoms with Gasteiger partial charge in [0.05, 0.1) is 5.92 Å². The maximum absolute atomic E-state index is 9.68. The van der Waals surface area contributed by atoms with E-state index in [1.165, 1.54) is 11.6 Å². The first-order chi connectivity index (χ1) is 11.3. The van der Waals surface area contributed by atoms with Crippen LogP contribution in [0.3, 0.4) is 0 Å². The van der Waals surface area contributed by atoms with E-state index in [1.54, 1.807) is 12.1 Å². The van der Waals surface area contributed by atoms with Crippen molar-refractivity contribution in [1.82, 2.24) is 0 Å². The van der Waals surface area contributed by atoms with Crippen molar-refractivity contribution in [2.24, 2.45) is 5.73 Å². The van der Waals surface area contributed by atoms with Crippen LogP contribution in [0.2, 0.25) is 0 Å². The van der Waals surface area contributed by atoms with E-state index < -0.39 is 0 Å². The fourth-order valence-corrected chi connectivity index (χ4v) is 2.96. The summed E-state index contributed by atoms with van der Waals surface area (Å²) in [5, 5.41) is 19.2. The molecule has 3 N–H and O–H groups in total. The number of nitriles is 1. The summed E-state index contributed by atoms with van der Waals surface area (Å²) in [6, 6.07) is 15.3. The summed E-state index contributed by atoms with van der Waals surface area (Å²) in [6.45, 7) is 6.48. The van der Waals surface area contributed by atoms with Gasteiger partial charge in [-0.1, -0.05) is 51.1 Å². The van der Waals surface area contributed by atoms with Gasteiger partial charge in [0, 0.05) is 11.6 Å². The molecule has 0 amide bonds. The molecule has 122 valence electrons. The topological polar surface area (TPSA) is 79.3 Å². The lowest BCUT2D eigenvalue weighted by atomic mass is 9.81. The van der Waals surface area contributed by atoms with Crippen LogP contribution in [0.4, 0.5) is 0 Å². The van der Waals surface area contributed by atoms with Crippen molar-refractivity contribution in [3.05, 3.63) is 70.6 Å². The summed E-state index contributed by atoms with van der Waals surface area (Å²) >= 11 is 0. The van der Waals surface area contributed by atoms with Gasteiger partial charge in [-0.3, -0.25) is 0 Å². The van der Waals surface area contributed by atoms with E-state index in [1.807, 2.05) is 12.1 Å². The molecule has 24 heavy (non-hydrogen) atoms. The number of hydrogen-bond donors (Lipinski definition) is 2. The van der Waals surface area contributed by atoms with E-state index >= 15 is 0 Å². The van der Waals surface area contributed by atoms with Gasteiger partial charge in [-0.2, -0.15) is 5.26 Å². The van der Waals surface area contributed by atoms with Gasteiger partial charge in [-0.05, 0) is 22.6 Å². The van der Waals surface area contributed by atoms with Gasteiger partial charge in [-0.25, -0.2) is 0 Å². The highest BCUT2D eigenvalue weighted by molar-refractivity contribution is 5.57. The number of phenols is 1. The van der Waals surface area contributed by atoms with Gasteiger partial charge in [0.25, 0.3) is 0 Å². The molecule has 0 spiro atoms. The van der Waals surface area contributed by atoms with Gasteiger partial charge in [-0.15, -0.1) is 0 Å². The number of nitrogens with zero attached hydrogens (tertiary/aromatic N) is 1. The Bertz CT molecular complexity index is 853. The lowest BCUT2D eigenvalue weighted by Crippen LogP contribution is -2.21. The average Bonchev–Trinajstić information content (AvgIpc) is 2.52. The third-order valence-electron chi connectivity index (χ3n) is 4.31. The van der Waals surface area contributed by atoms with Crippen molar-refractivity contribution < 1.29 is 9.84 Å². The quantitative estimate of drug-likeness (QED) is 0.835. The highest BCUT2D eigenvalue weighted by Crippen LogP contribution is 2.43. The molecular weight excluding hydrogens is 300 g/mol. The Hall–Kier alpha value is -2.93. The molecule has 1 aliphatic rings. The highest BCUT2D eigenvalue weighted by atomic mass is 16.5. The summed E-state index contributed by atoms with van der Waals surface area (Å²) in [6.07, 6.45) is 0. The van der Waals surface area contributed by atoms with E-state index in [4.69, 9.17) is 10.5 Å². The maximum Gasteiger partial charge on any atom is 0.205 e. The number of allylic oxidation sites excluding steroid dienone is 1. The van der Waals surface area contributed by atoms with Crippen molar-refractivity contribution in [1.29, 1.82) is 5.26 Å². The standard InChI is InChI=1S/C20H20N2O2/c1-20(2,3)13-6-4-12(5-7-13)18-15-9-8-14(23)10-17(15)24-19(22)16(18)11-21/h4-10,18,23H,22H2,1-3H3/t18-/m0/s1. The van der Waals surface area contributed by atoms with Crippen LogP contribution < -0.4 is 10.5 Å². The molecule has 0 aromatic heterocycles. The van der Waals surface area contributed by atoms with E-state index in [0.717, 1.165) is 11.1 Å². The monoisotopic (exact) mass is 320 g/mol. The zero-order valence-electron chi connectivity index (χ0n) is 14.0. The van der Waals surface area contributed by atoms with E-state index in [9.17, 15) is 10.4 Å². The zero-order chi connectivity index (χ0) is 17.5. The molecule has 0 bridgehead atoms. The molecule has 1 atom stereocenters. The molecule has 0 saturated carbocycles. The third kappa shape index (κ3) is 2.69. The molecule has 2 aromatic rings. The summed E-state index contributed by atoms with van der Waals surface area (Å²) in [4.78, 5) is 0. The second-order valence-corrected chi connectivity index (χ2v) is 7.02. The maximum atomic E-state index is 9.68.